The van der Waals surface area contributed by atoms with Gasteiger partial charge >= 0.3 is 0 Å². The first kappa shape index (κ1) is 13.4. The van der Waals surface area contributed by atoms with Crippen LogP contribution < -0.4 is 11.1 Å². The van der Waals surface area contributed by atoms with Crippen LogP contribution in [0.3, 0.4) is 0 Å². The predicted octanol–water partition coefficient (Wildman–Crippen LogP) is 1.68. The standard InChI is InChI=1S/C12H21N5S/c1-18-12-15-10(13)9-11(16-12)14-5-8-17-6-3-2-4-7-17/h9H,2-8H2,1H3,(H3,13,14,15,16). The molecule has 2 heterocycles. The number of aromatic nitrogens is 2. The van der Waals surface area contributed by atoms with Crippen LogP contribution in [-0.2, 0) is 0 Å². The first-order valence-corrected chi connectivity index (χ1v) is 7.65. The lowest BCUT2D eigenvalue weighted by Gasteiger charge is -2.26. The Kier molecular flexibility index (Phi) is 5.07. The summed E-state index contributed by atoms with van der Waals surface area (Å²) in [5.41, 5.74) is 5.73. The molecule has 0 saturated carbocycles. The molecule has 0 spiro atoms. The van der Waals surface area contributed by atoms with Crippen molar-refractivity contribution in [3.8, 4) is 0 Å². The Labute approximate surface area is 113 Å². The van der Waals surface area contributed by atoms with Gasteiger partial charge in [0.1, 0.15) is 11.6 Å². The molecule has 1 aromatic rings. The molecule has 18 heavy (non-hydrogen) atoms. The lowest BCUT2D eigenvalue weighted by Crippen LogP contribution is -2.33. The van der Waals surface area contributed by atoms with Crippen molar-refractivity contribution in [2.45, 2.75) is 24.4 Å². The van der Waals surface area contributed by atoms with Crippen LogP contribution >= 0.6 is 11.8 Å². The van der Waals surface area contributed by atoms with Crippen LogP contribution in [0.25, 0.3) is 0 Å². The van der Waals surface area contributed by atoms with Crippen molar-refractivity contribution in [2.75, 3.05) is 43.5 Å². The molecule has 1 saturated heterocycles. The van der Waals surface area contributed by atoms with Crippen molar-refractivity contribution < 1.29 is 0 Å². The van der Waals surface area contributed by atoms with Crippen LogP contribution in [0.5, 0.6) is 0 Å². The number of rotatable bonds is 5. The SMILES string of the molecule is CSc1nc(N)cc(NCCN2CCCCC2)n1. The number of anilines is 2. The molecular weight excluding hydrogens is 246 g/mol. The number of hydrogen-bond donors (Lipinski definition) is 2. The van der Waals surface area contributed by atoms with E-state index in [1.807, 2.05) is 6.26 Å². The first-order valence-electron chi connectivity index (χ1n) is 6.43. The molecule has 0 radical (unpaired) electrons. The molecule has 5 nitrogen and oxygen atoms in total. The summed E-state index contributed by atoms with van der Waals surface area (Å²) < 4.78 is 0. The molecule has 2 rings (SSSR count). The summed E-state index contributed by atoms with van der Waals surface area (Å²) in [6, 6.07) is 1.79. The maximum Gasteiger partial charge on any atom is 0.191 e. The van der Waals surface area contributed by atoms with Crippen LogP contribution in [0.4, 0.5) is 11.6 Å². The molecule has 0 amide bonds. The van der Waals surface area contributed by atoms with Crippen molar-refractivity contribution >= 4 is 23.4 Å². The van der Waals surface area contributed by atoms with Crippen molar-refractivity contribution in [1.82, 2.24) is 14.9 Å². The second kappa shape index (κ2) is 6.80. The average molecular weight is 267 g/mol. The van der Waals surface area contributed by atoms with Crippen molar-refractivity contribution in [3.63, 3.8) is 0 Å². The van der Waals surface area contributed by atoms with Gasteiger partial charge in [-0.1, -0.05) is 18.2 Å². The van der Waals surface area contributed by atoms with Gasteiger partial charge in [0.2, 0.25) is 0 Å². The Morgan fingerprint density at radius 2 is 2.11 bits per heavy atom. The number of hydrogen-bond acceptors (Lipinski definition) is 6. The molecule has 1 aromatic heterocycles. The van der Waals surface area contributed by atoms with Gasteiger partial charge in [0.25, 0.3) is 0 Å². The molecule has 1 fully saturated rings. The predicted molar refractivity (Wildman–Crippen MR) is 77.0 cm³/mol. The third-order valence-electron chi connectivity index (χ3n) is 3.09. The normalized spacial score (nSPS) is 16.7. The van der Waals surface area contributed by atoms with E-state index in [0.29, 0.717) is 5.82 Å². The fraction of sp³-hybridized carbons (Fsp3) is 0.667. The molecule has 0 aromatic carbocycles. The second-order valence-corrected chi connectivity index (χ2v) is 5.27. The van der Waals surface area contributed by atoms with E-state index < -0.39 is 0 Å². The largest absolute Gasteiger partial charge is 0.383 e. The molecule has 0 bridgehead atoms. The summed E-state index contributed by atoms with van der Waals surface area (Å²) in [5.74, 6) is 1.35. The quantitative estimate of drug-likeness (QED) is 0.625. The van der Waals surface area contributed by atoms with Gasteiger partial charge in [-0.05, 0) is 32.2 Å². The number of thioether (sulfide) groups is 1. The molecule has 100 valence electrons. The zero-order valence-electron chi connectivity index (χ0n) is 10.9. The van der Waals surface area contributed by atoms with Gasteiger partial charge in [0, 0.05) is 19.2 Å². The molecule has 6 heteroatoms. The monoisotopic (exact) mass is 267 g/mol. The Balaban J connectivity index is 1.80. The van der Waals surface area contributed by atoms with Crippen LogP contribution in [-0.4, -0.2) is 47.3 Å². The summed E-state index contributed by atoms with van der Waals surface area (Å²) in [7, 11) is 0. The second-order valence-electron chi connectivity index (χ2n) is 4.49. The topological polar surface area (TPSA) is 67.1 Å². The van der Waals surface area contributed by atoms with Crippen molar-refractivity contribution in [3.05, 3.63) is 6.07 Å². The minimum atomic E-state index is 0.523. The van der Waals surface area contributed by atoms with E-state index in [1.54, 1.807) is 6.07 Å². The Morgan fingerprint density at radius 3 is 2.83 bits per heavy atom. The molecule has 1 aliphatic rings. The van der Waals surface area contributed by atoms with E-state index in [0.717, 1.165) is 24.1 Å². The van der Waals surface area contributed by atoms with E-state index in [4.69, 9.17) is 5.73 Å². The van der Waals surface area contributed by atoms with Gasteiger partial charge in [-0.15, -0.1) is 0 Å². The lowest BCUT2D eigenvalue weighted by molar-refractivity contribution is 0.237. The summed E-state index contributed by atoms with van der Waals surface area (Å²) in [6.07, 6.45) is 5.99. The van der Waals surface area contributed by atoms with Gasteiger partial charge in [0.05, 0.1) is 0 Å². The number of nitrogens with zero attached hydrogens (tertiary/aromatic N) is 3. The zero-order chi connectivity index (χ0) is 12.8. The summed E-state index contributed by atoms with van der Waals surface area (Å²) in [6.45, 7) is 4.43. The minimum absolute atomic E-state index is 0.523. The molecule has 3 N–H and O–H groups in total. The highest BCUT2D eigenvalue weighted by Crippen LogP contribution is 2.15. The fourth-order valence-electron chi connectivity index (χ4n) is 2.15. The van der Waals surface area contributed by atoms with Gasteiger partial charge < -0.3 is 16.0 Å². The van der Waals surface area contributed by atoms with Crippen LogP contribution in [0.2, 0.25) is 0 Å². The van der Waals surface area contributed by atoms with E-state index in [9.17, 15) is 0 Å². The van der Waals surface area contributed by atoms with E-state index >= 15 is 0 Å². The minimum Gasteiger partial charge on any atom is -0.383 e. The van der Waals surface area contributed by atoms with E-state index in [-0.39, 0.29) is 0 Å². The zero-order valence-corrected chi connectivity index (χ0v) is 11.7. The Hall–Kier alpha value is -1.01. The Bertz CT molecular complexity index is 379. The maximum absolute atomic E-state index is 5.73. The summed E-state index contributed by atoms with van der Waals surface area (Å²) in [5, 5.41) is 4.04. The van der Waals surface area contributed by atoms with E-state index in [2.05, 4.69) is 20.2 Å². The average Bonchev–Trinajstić information content (AvgIpc) is 2.39. The number of piperidine rings is 1. The maximum atomic E-state index is 5.73. The number of nitrogens with two attached hydrogens (primary N) is 1. The van der Waals surface area contributed by atoms with Crippen LogP contribution in [0.1, 0.15) is 19.3 Å². The van der Waals surface area contributed by atoms with Gasteiger partial charge in [0.15, 0.2) is 5.16 Å². The molecule has 0 atom stereocenters. The van der Waals surface area contributed by atoms with Crippen LogP contribution in [0.15, 0.2) is 11.2 Å². The number of nitrogen functional groups attached to an aromatic ring is 1. The molecule has 0 unspecified atom stereocenters. The van der Waals surface area contributed by atoms with E-state index in [1.165, 1.54) is 44.1 Å². The number of nitrogens with one attached hydrogen (secondary N) is 1. The third-order valence-corrected chi connectivity index (χ3v) is 3.64. The Morgan fingerprint density at radius 1 is 1.33 bits per heavy atom. The first-order chi connectivity index (χ1) is 8.78. The molecular formula is C12H21N5S. The highest BCUT2D eigenvalue weighted by atomic mass is 32.2. The van der Waals surface area contributed by atoms with Crippen molar-refractivity contribution in [2.24, 2.45) is 0 Å². The van der Waals surface area contributed by atoms with Gasteiger partial charge in [-0.25, -0.2) is 9.97 Å². The highest BCUT2D eigenvalue weighted by Gasteiger charge is 2.09. The highest BCUT2D eigenvalue weighted by molar-refractivity contribution is 7.98. The number of likely N-dealkylation sites (tertiary alicyclic amines) is 1. The third kappa shape index (κ3) is 4.03. The lowest BCUT2D eigenvalue weighted by atomic mass is 10.1. The van der Waals surface area contributed by atoms with Gasteiger partial charge in [-0.2, -0.15) is 0 Å². The van der Waals surface area contributed by atoms with Gasteiger partial charge in [-0.3, -0.25) is 0 Å². The fourth-order valence-corrected chi connectivity index (χ4v) is 2.54. The molecule has 0 aliphatic carbocycles. The smallest absolute Gasteiger partial charge is 0.191 e. The van der Waals surface area contributed by atoms with Crippen molar-refractivity contribution in [1.29, 1.82) is 0 Å². The summed E-state index contributed by atoms with van der Waals surface area (Å²) in [4.78, 5) is 11.0. The summed E-state index contributed by atoms with van der Waals surface area (Å²) >= 11 is 1.51. The van der Waals surface area contributed by atoms with Crippen LogP contribution in [0, 0.1) is 0 Å². The molecule has 1 aliphatic heterocycles.